The third kappa shape index (κ3) is 2.12. The van der Waals surface area contributed by atoms with Crippen molar-refractivity contribution in [1.82, 2.24) is 9.97 Å². The maximum atomic E-state index is 5.86. The zero-order valence-electron chi connectivity index (χ0n) is 10.9. The van der Waals surface area contributed by atoms with Gasteiger partial charge in [-0.25, -0.2) is 4.98 Å². The lowest BCUT2D eigenvalue weighted by Crippen LogP contribution is -2.24. The van der Waals surface area contributed by atoms with E-state index >= 15 is 0 Å². The van der Waals surface area contributed by atoms with Crippen LogP contribution in [0.5, 0.6) is 0 Å². The number of nitrogens with zero attached hydrogens (tertiary/aromatic N) is 1. The Kier molecular flexibility index (Phi) is 3.24. The van der Waals surface area contributed by atoms with Gasteiger partial charge in [0.25, 0.3) is 0 Å². The molecule has 1 aliphatic carbocycles. The summed E-state index contributed by atoms with van der Waals surface area (Å²) in [6.07, 6.45) is 8.10. The van der Waals surface area contributed by atoms with Gasteiger partial charge >= 0.3 is 0 Å². The van der Waals surface area contributed by atoms with Gasteiger partial charge < -0.3 is 9.72 Å². The van der Waals surface area contributed by atoms with E-state index in [0.29, 0.717) is 0 Å². The van der Waals surface area contributed by atoms with Gasteiger partial charge in [-0.2, -0.15) is 0 Å². The maximum absolute atomic E-state index is 5.86. The van der Waals surface area contributed by atoms with Crippen molar-refractivity contribution in [1.29, 1.82) is 0 Å². The van der Waals surface area contributed by atoms with Crippen LogP contribution in [0.2, 0.25) is 0 Å². The summed E-state index contributed by atoms with van der Waals surface area (Å²) >= 11 is 5.48. The number of H-pyrrole nitrogens is 1. The molecular formula is C14H20N2OS. The number of aromatic nitrogens is 2. The van der Waals surface area contributed by atoms with Crippen molar-refractivity contribution in [2.45, 2.75) is 57.5 Å². The van der Waals surface area contributed by atoms with E-state index in [1.807, 2.05) is 0 Å². The molecule has 0 radical (unpaired) electrons. The van der Waals surface area contributed by atoms with Crippen LogP contribution in [0, 0.1) is 4.64 Å². The number of nitrogens with one attached hydrogen (secondary N) is 1. The first-order valence-corrected chi connectivity index (χ1v) is 7.36. The van der Waals surface area contributed by atoms with Crippen molar-refractivity contribution in [3.8, 4) is 0 Å². The van der Waals surface area contributed by atoms with Crippen LogP contribution in [0.1, 0.15) is 56.1 Å². The van der Waals surface area contributed by atoms with Crippen molar-refractivity contribution in [2.24, 2.45) is 0 Å². The van der Waals surface area contributed by atoms with E-state index in [1.54, 1.807) is 0 Å². The number of hydrogen-bond donors (Lipinski definition) is 1. The highest BCUT2D eigenvalue weighted by atomic mass is 32.1. The van der Waals surface area contributed by atoms with Crippen LogP contribution in [0.4, 0.5) is 0 Å². The molecule has 1 saturated heterocycles. The minimum absolute atomic E-state index is 0.255. The first kappa shape index (κ1) is 12.3. The Labute approximate surface area is 113 Å². The van der Waals surface area contributed by atoms with Gasteiger partial charge in [-0.1, -0.05) is 18.6 Å². The van der Waals surface area contributed by atoms with Crippen LogP contribution in [-0.4, -0.2) is 16.6 Å². The molecule has 1 aromatic heterocycles. The molecule has 2 aliphatic rings. The Balaban J connectivity index is 2.05. The van der Waals surface area contributed by atoms with Gasteiger partial charge in [0.2, 0.25) is 0 Å². The second-order valence-corrected chi connectivity index (χ2v) is 5.98. The van der Waals surface area contributed by atoms with Gasteiger partial charge in [-0.3, -0.25) is 0 Å². The third-order valence-electron chi connectivity index (χ3n) is 4.18. The van der Waals surface area contributed by atoms with Crippen LogP contribution in [-0.2, 0) is 23.2 Å². The fourth-order valence-corrected chi connectivity index (χ4v) is 3.33. The van der Waals surface area contributed by atoms with Gasteiger partial charge in [0.15, 0.2) is 0 Å². The minimum Gasteiger partial charge on any atom is -0.367 e. The summed E-state index contributed by atoms with van der Waals surface area (Å²) in [5, 5.41) is 0. The molecule has 4 heteroatoms. The van der Waals surface area contributed by atoms with E-state index in [4.69, 9.17) is 17.0 Å². The predicted octanol–water partition coefficient (Wildman–Crippen LogP) is 3.43. The topological polar surface area (TPSA) is 37.9 Å². The van der Waals surface area contributed by atoms with Crippen LogP contribution in [0.3, 0.4) is 0 Å². The molecule has 18 heavy (non-hydrogen) atoms. The molecule has 1 unspecified atom stereocenters. The third-order valence-corrected chi connectivity index (χ3v) is 4.52. The monoisotopic (exact) mass is 264 g/mol. The van der Waals surface area contributed by atoms with Crippen molar-refractivity contribution in [3.05, 3.63) is 21.7 Å². The molecule has 0 amide bonds. The SMILES string of the molecule is CC1(c2nc(=S)c3c([nH]2)CCCCC3)CCCO1. The Hall–Kier alpha value is -0.740. The molecule has 1 atom stereocenters. The number of fused-ring (bicyclic) bond motifs is 1. The zero-order chi connectivity index (χ0) is 12.6. The summed E-state index contributed by atoms with van der Waals surface area (Å²) in [5.74, 6) is 0.936. The fourth-order valence-electron chi connectivity index (χ4n) is 3.01. The average molecular weight is 264 g/mol. The lowest BCUT2D eigenvalue weighted by molar-refractivity contribution is 0.00902. The van der Waals surface area contributed by atoms with Gasteiger partial charge in [0.1, 0.15) is 16.1 Å². The van der Waals surface area contributed by atoms with Crippen molar-refractivity contribution < 1.29 is 4.74 Å². The number of rotatable bonds is 1. The van der Waals surface area contributed by atoms with Crippen molar-refractivity contribution in [2.75, 3.05) is 6.61 Å². The van der Waals surface area contributed by atoms with Gasteiger partial charge in [0, 0.05) is 17.9 Å². The van der Waals surface area contributed by atoms with E-state index in [1.165, 1.54) is 30.5 Å². The summed E-state index contributed by atoms with van der Waals surface area (Å²) in [5.41, 5.74) is 2.32. The lowest BCUT2D eigenvalue weighted by Gasteiger charge is -2.23. The Morgan fingerprint density at radius 2 is 2.06 bits per heavy atom. The summed E-state index contributed by atoms with van der Waals surface area (Å²) in [4.78, 5) is 8.14. The molecule has 2 heterocycles. The van der Waals surface area contributed by atoms with E-state index in [0.717, 1.165) is 42.8 Å². The molecule has 1 aliphatic heterocycles. The summed E-state index contributed by atoms with van der Waals surface area (Å²) in [6.45, 7) is 2.95. The molecule has 1 N–H and O–H groups in total. The van der Waals surface area contributed by atoms with E-state index < -0.39 is 0 Å². The first-order valence-electron chi connectivity index (χ1n) is 6.95. The van der Waals surface area contributed by atoms with E-state index in [-0.39, 0.29) is 5.60 Å². The molecule has 0 bridgehead atoms. The molecule has 0 spiro atoms. The average Bonchev–Trinajstić information content (AvgIpc) is 2.66. The molecule has 1 fully saturated rings. The molecule has 3 rings (SSSR count). The molecule has 0 saturated carbocycles. The largest absolute Gasteiger partial charge is 0.367 e. The zero-order valence-corrected chi connectivity index (χ0v) is 11.7. The Morgan fingerprint density at radius 1 is 1.22 bits per heavy atom. The van der Waals surface area contributed by atoms with Gasteiger partial charge in [0.05, 0.1) is 0 Å². The van der Waals surface area contributed by atoms with Crippen LogP contribution in [0.25, 0.3) is 0 Å². The van der Waals surface area contributed by atoms with Crippen LogP contribution in [0.15, 0.2) is 0 Å². The number of aryl methyl sites for hydroxylation is 1. The quantitative estimate of drug-likeness (QED) is 0.624. The van der Waals surface area contributed by atoms with Crippen LogP contribution >= 0.6 is 12.2 Å². The highest BCUT2D eigenvalue weighted by molar-refractivity contribution is 7.71. The standard InChI is InChI=1S/C14H20N2OS/c1-14(8-5-9-17-14)13-15-11-7-4-2-3-6-10(11)12(18)16-13/h2-9H2,1H3,(H,15,16,18). The fraction of sp³-hybridized carbons (Fsp3) is 0.714. The smallest absolute Gasteiger partial charge is 0.140 e. The van der Waals surface area contributed by atoms with Gasteiger partial charge in [-0.15, -0.1) is 0 Å². The summed E-state index contributed by atoms with van der Waals surface area (Å²) in [7, 11) is 0. The second kappa shape index (κ2) is 4.74. The predicted molar refractivity (Wildman–Crippen MR) is 73.2 cm³/mol. The highest BCUT2D eigenvalue weighted by Crippen LogP contribution is 2.34. The summed E-state index contributed by atoms with van der Waals surface area (Å²) in [6, 6.07) is 0. The maximum Gasteiger partial charge on any atom is 0.140 e. The second-order valence-electron chi connectivity index (χ2n) is 5.59. The molecule has 0 aromatic carbocycles. The lowest BCUT2D eigenvalue weighted by atomic mass is 10.0. The van der Waals surface area contributed by atoms with Crippen molar-refractivity contribution in [3.63, 3.8) is 0 Å². The first-order chi connectivity index (χ1) is 8.69. The van der Waals surface area contributed by atoms with Gasteiger partial charge in [-0.05, 0) is 45.4 Å². The number of hydrogen-bond acceptors (Lipinski definition) is 3. The van der Waals surface area contributed by atoms with E-state index in [2.05, 4.69) is 16.9 Å². The molecular weight excluding hydrogens is 244 g/mol. The number of ether oxygens (including phenoxy) is 1. The van der Waals surface area contributed by atoms with Crippen LogP contribution < -0.4 is 0 Å². The number of aromatic amines is 1. The Bertz CT molecular complexity index is 503. The molecule has 98 valence electrons. The summed E-state index contributed by atoms with van der Waals surface area (Å²) < 4.78 is 6.65. The van der Waals surface area contributed by atoms with Crippen molar-refractivity contribution >= 4 is 12.2 Å². The normalized spacial score (nSPS) is 27.8. The highest BCUT2D eigenvalue weighted by Gasteiger charge is 2.34. The minimum atomic E-state index is -0.255. The molecule has 3 nitrogen and oxygen atoms in total. The molecule has 1 aromatic rings. The van der Waals surface area contributed by atoms with E-state index in [9.17, 15) is 0 Å². The Morgan fingerprint density at radius 3 is 2.83 bits per heavy atom.